The summed E-state index contributed by atoms with van der Waals surface area (Å²) >= 11 is 0. The van der Waals surface area contributed by atoms with Gasteiger partial charge in [0.2, 0.25) is 0 Å². The Kier molecular flexibility index (Phi) is 1.81. The first-order valence-corrected chi connectivity index (χ1v) is 5.26. The van der Waals surface area contributed by atoms with Crippen molar-refractivity contribution in [2.75, 3.05) is 13.7 Å². The van der Waals surface area contributed by atoms with Crippen molar-refractivity contribution in [2.45, 2.75) is 6.42 Å². The van der Waals surface area contributed by atoms with E-state index in [4.69, 9.17) is 0 Å². The van der Waals surface area contributed by atoms with Crippen molar-refractivity contribution >= 4 is 6.08 Å². The number of allylic oxidation sites excluding steroid dienone is 1. The monoisotopic (exact) mass is 198 g/mol. The number of nitrogens with zero attached hydrogens (tertiary/aromatic N) is 2. The molecule has 0 spiro atoms. The van der Waals surface area contributed by atoms with Crippen molar-refractivity contribution in [3.8, 4) is 0 Å². The molecule has 0 fully saturated rings. The Hall–Kier alpha value is -1.70. The Labute approximate surface area is 90.1 Å². The van der Waals surface area contributed by atoms with Crippen LogP contribution in [0.3, 0.4) is 0 Å². The zero-order chi connectivity index (χ0) is 10.3. The molecule has 1 aromatic rings. The number of benzene rings is 1. The Morgan fingerprint density at radius 2 is 2.00 bits per heavy atom. The van der Waals surface area contributed by atoms with Crippen LogP contribution in [-0.4, -0.2) is 23.5 Å². The molecule has 0 radical (unpaired) electrons. The zero-order valence-electron chi connectivity index (χ0n) is 8.85. The van der Waals surface area contributed by atoms with Crippen LogP contribution in [-0.2, 0) is 6.42 Å². The van der Waals surface area contributed by atoms with Crippen molar-refractivity contribution in [3.05, 3.63) is 53.5 Å². The average Bonchev–Trinajstić information content (AvgIpc) is 2.82. The van der Waals surface area contributed by atoms with E-state index >= 15 is 0 Å². The molecule has 1 aliphatic carbocycles. The summed E-state index contributed by atoms with van der Waals surface area (Å²) in [6.07, 6.45) is 7.62. The molecule has 2 heteroatoms. The van der Waals surface area contributed by atoms with Gasteiger partial charge in [-0.15, -0.1) is 0 Å². The highest BCUT2D eigenvalue weighted by atomic mass is 15.3. The molecule has 0 unspecified atom stereocenters. The normalized spacial score (nSPS) is 18.3. The number of hydrogen-bond donors (Lipinski definition) is 0. The molecule has 0 bridgehead atoms. The maximum atomic E-state index is 2.31. The van der Waals surface area contributed by atoms with E-state index in [9.17, 15) is 0 Å². The molecule has 0 atom stereocenters. The fourth-order valence-corrected chi connectivity index (χ4v) is 2.16. The second-order valence-electron chi connectivity index (χ2n) is 4.18. The minimum Gasteiger partial charge on any atom is -0.361 e. The highest BCUT2D eigenvalue weighted by Crippen LogP contribution is 2.28. The minimum absolute atomic E-state index is 0.972. The summed E-state index contributed by atoms with van der Waals surface area (Å²) in [7, 11) is 2.10. The maximum absolute atomic E-state index is 2.31. The van der Waals surface area contributed by atoms with E-state index in [-0.39, 0.29) is 0 Å². The molecule has 0 N–H and O–H groups in total. The Balaban J connectivity index is 1.86. The van der Waals surface area contributed by atoms with Crippen molar-refractivity contribution < 1.29 is 0 Å². The predicted molar refractivity (Wildman–Crippen MR) is 61.7 cm³/mol. The molecule has 2 nitrogen and oxygen atoms in total. The lowest BCUT2D eigenvalue weighted by Gasteiger charge is -2.19. The maximum Gasteiger partial charge on any atom is 0.0935 e. The highest BCUT2D eigenvalue weighted by Gasteiger charge is 2.18. The van der Waals surface area contributed by atoms with Gasteiger partial charge in [-0.3, -0.25) is 0 Å². The largest absolute Gasteiger partial charge is 0.361 e. The Bertz CT molecular complexity index is 446. The van der Waals surface area contributed by atoms with Gasteiger partial charge in [-0.1, -0.05) is 24.3 Å². The van der Waals surface area contributed by atoms with Gasteiger partial charge in [-0.05, 0) is 17.2 Å². The van der Waals surface area contributed by atoms with Gasteiger partial charge >= 0.3 is 0 Å². The average molecular weight is 198 g/mol. The van der Waals surface area contributed by atoms with Gasteiger partial charge in [0.15, 0.2) is 0 Å². The van der Waals surface area contributed by atoms with E-state index in [0.717, 1.165) is 13.1 Å². The molecule has 76 valence electrons. The van der Waals surface area contributed by atoms with E-state index < -0.39 is 0 Å². The first-order valence-electron chi connectivity index (χ1n) is 5.26. The molecule has 15 heavy (non-hydrogen) atoms. The van der Waals surface area contributed by atoms with E-state index in [1.165, 1.54) is 16.8 Å². The summed E-state index contributed by atoms with van der Waals surface area (Å²) in [6.45, 7) is 0.972. The highest BCUT2D eigenvalue weighted by molar-refractivity contribution is 5.63. The van der Waals surface area contributed by atoms with Crippen molar-refractivity contribution in [1.29, 1.82) is 0 Å². The summed E-state index contributed by atoms with van der Waals surface area (Å²) in [5, 5.41) is 0. The lowest BCUT2D eigenvalue weighted by atomic mass is 10.1. The summed E-state index contributed by atoms with van der Waals surface area (Å²) in [6, 6.07) is 8.61. The fraction of sp³-hybridized carbons (Fsp3) is 0.231. The van der Waals surface area contributed by atoms with Crippen LogP contribution in [0.1, 0.15) is 11.1 Å². The van der Waals surface area contributed by atoms with E-state index in [0.29, 0.717) is 0 Å². The molecule has 1 aromatic carbocycles. The van der Waals surface area contributed by atoms with Gasteiger partial charge in [0, 0.05) is 31.6 Å². The zero-order valence-corrected chi connectivity index (χ0v) is 8.85. The second kappa shape index (κ2) is 3.16. The fourth-order valence-electron chi connectivity index (χ4n) is 2.16. The summed E-state index contributed by atoms with van der Waals surface area (Å²) < 4.78 is 0. The van der Waals surface area contributed by atoms with Crippen molar-refractivity contribution in [3.63, 3.8) is 0 Å². The Morgan fingerprint density at radius 1 is 1.13 bits per heavy atom. The third-order valence-corrected chi connectivity index (χ3v) is 2.99. The first-order chi connectivity index (χ1) is 7.33. The van der Waals surface area contributed by atoms with Gasteiger partial charge in [-0.2, -0.15) is 0 Å². The molecule has 0 amide bonds. The van der Waals surface area contributed by atoms with Gasteiger partial charge in [0.1, 0.15) is 0 Å². The number of hydrogen-bond acceptors (Lipinski definition) is 2. The van der Waals surface area contributed by atoms with Crippen LogP contribution < -0.4 is 0 Å². The van der Waals surface area contributed by atoms with E-state index in [1.807, 2.05) is 0 Å². The molecular formula is C13H14N2. The lowest BCUT2D eigenvalue weighted by molar-refractivity contribution is 0.344. The number of fused-ring (bicyclic) bond motifs is 1. The first kappa shape index (κ1) is 8.60. The van der Waals surface area contributed by atoms with Crippen LogP contribution in [0.2, 0.25) is 0 Å². The van der Waals surface area contributed by atoms with Gasteiger partial charge < -0.3 is 9.80 Å². The van der Waals surface area contributed by atoms with Crippen LogP contribution in [0.15, 0.2) is 42.4 Å². The Morgan fingerprint density at radius 3 is 2.73 bits per heavy atom. The molecular weight excluding hydrogens is 184 g/mol. The smallest absolute Gasteiger partial charge is 0.0935 e. The second-order valence-corrected chi connectivity index (χ2v) is 4.18. The summed E-state index contributed by atoms with van der Waals surface area (Å²) in [4.78, 5) is 4.49. The molecule has 1 heterocycles. The third-order valence-electron chi connectivity index (χ3n) is 2.99. The molecule has 1 aliphatic heterocycles. The van der Waals surface area contributed by atoms with Gasteiger partial charge in [0.05, 0.1) is 6.67 Å². The molecule has 3 rings (SSSR count). The summed E-state index contributed by atoms with van der Waals surface area (Å²) in [5.74, 6) is 0. The van der Waals surface area contributed by atoms with E-state index in [2.05, 4.69) is 59.6 Å². The van der Waals surface area contributed by atoms with Crippen LogP contribution in [0.4, 0.5) is 0 Å². The molecule has 0 aromatic heterocycles. The van der Waals surface area contributed by atoms with Crippen LogP contribution in [0, 0.1) is 0 Å². The van der Waals surface area contributed by atoms with Gasteiger partial charge in [-0.25, -0.2) is 0 Å². The lowest BCUT2D eigenvalue weighted by Crippen LogP contribution is -2.21. The quantitative estimate of drug-likeness (QED) is 0.683. The molecule has 0 saturated heterocycles. The van der Waals surface area contributed by atoms with E-state index in [1.54, 1.807) is 0 Å². The summed E-state index contributed by atoms with van der Waals surface area (Å²) in [5.41, 5.74) is 4.21. The van der Waals surface area contributed by atoms with Crippen LogP contribution in [0.5, 0.6) is 0 Å². The SMILES string of the molecule is CN1C=CN(C2=Cc3ccccc3C2)C1. The topological polar surface area (TPSA) is 6.48 Å². The number of rotatable bonds is 1. The molecule has 2 aliphatic rings. The third kappa shape index (κ3) is 1.42. The molecule has 0 saturated carbocycles. The minimum atomic E-state index is 0.972. The standard InChI is InChI=1S/C13H14N2/c1-14-6-7-15(10-14)13-8-11-4-2-3-5-12(11)9-13/h2-8H,9-10H2,1H3. The van der Waals surface area contributed by atoms with Crippen LogP contribution >= 0.6 is 0 Å². The van der Waals surface area contributed by atoms with Gasteiger partial charge in [0.25, 0.3) is 0 Å². The predicted octanol–water partition coefficient (Wildman–Crippen LogP) is 2.26. The van der Waals surface area contributed by atoms with Crippen molar-refractivity contribution in [1.82, 2.24) is 9.80 Å². The van der Waals surface area contributed by atoms with Crippen LogP contribution in [0.25, 0.3) is 6.08 Å². The van der Waals surface area contributed by atoms with Crippen molar-refractivity contribution in [2.24, 2.45) is 0 Å².